The van der Waals surface area contributed by atoms with Crippen molar-refractivity contribution in [2.75, 3.05) is 13.7 Å². The summed E-state index contributed by atoms with van der Waals surface area (Å²) in [4.78, 5) is 44.9. The molecule has 0 bridgehead atoms. The Morgan fingerprint density at radius 3 is 2.20 bits per heavy atom. The first-order valence-corrected chi connectivity index (χ1v) is 17.9. The van der Waals surface area contributed by atoms with Gasteiger partial charge in [-0.2, -0.15) is 0 Å². The number of ether oxygens (including phenoxy) is 1. The smallest absolute Gasteiger partial charge is 0.309 e. The first-order chi connectivity index (χ1) is 21.0. The van der Waals surface area contributed by atoms with E-state index in [4.69, 9.17) is 14.2 Å². The summed E-state index contributed by atoms with van der Waals surface area (Å²) in [5.41, 5.74) is 2.37. The van der Waals surface area contributed by atoms with Gasteiger partial charge in [0.1, 0.15) is 17.8 Å². The molecule has 1 aliphatic heterocycles. The molecule has 2 aromatic carbocycles. The van der Waals surface area contributed by atoms with Crippen LogP contribution in [0.4, 0.5) is 0 Å². The van der Waals surface area contributed by atoms with E-state index in [9.17, 15) is 14.4 Å². The van der Waals surface area contributed by atoms with Gasteiger partial charge in [-0.1, -0.05) is 88.4 Å². The molecule has 0 aromatic heterocycles. The number of ketones is 2. The van der Waals surface area contributed by atoms with Crippen LogP contribution >= 0.6 is 0 Å². The van der Waals surface area contributed by atoms with Gasteiger partial charge in [-0.25, -0.2) is 0 Å². The molecule has 5 rings (SSSR count). The number of aliphatic imine (C=N–C) groups is 1. The molecule has 234 valence electrons. The van der Waals surface area contributed by atoms with E-state index in [0.717, 1.165) is 41.8 Å². The minimum atomic E-state index is -3.10. The number of rotatable bonds is 5. The first-order valence-electron chi connectivity index (χ1n) is 15.9. The van der Waals surface area contributed by atoms with Crippen molar-refractivity contribution in [2.45, 2.75) is 77.5 Å². The second-order valence-electron chi connectivity index (χ2n) is 13.7. The largest absolute Gasteiger partial charge is 0.469 e. The highest BCUT2D eigenvalue weighted by molar-refractivity contribution is 6.99. The predicted octanol–water partition coefficient (Wildman–Crippen LogP) is 4.98. The third-order valence-corrected chi connectivity index (χ3v) is 14.7. The van der Waals surface area contributed by atoms with Crippen molar-refractivity contribution in [3.8, 4) is 0 Å². The number of fused-ring (bicyclic) bond motifs is 1. The topological polar surface area (TPSA) is 94.1 Å². The van der Waals surface area contributed by atoms with Crippen LogP contribution in [0.5, 0.6) is 0 Å². The number of benzene rings is 2. The lowest BCUT2D eigenvalue weighted by Crippen LogP contribution is -2.70. The molecule has 1 fully saturated rings. The zero-order valence-electron chi connectivity index (χ0n) is 26.7. The van der Waals surface area contributed by atoms with Crippen LogP contribution in [0.2, 0.25) is 5.04 Å². The number of methoxy groups -OCH3 is 1. The Labute approximate surface area is 262 Å². The van der Waals surface area contributed by atoms with Crippen LogP contribution in [0.3, 0.4) is 0 Å². The summed E-state index contributed by atoms with van der Waals surface area (Å²) < 4.78 is 12.8. The summed E-state index contributed by atoms with van der Waals surface area (Å²) in [5, 5.41) is 5.40. The van der Waals surface area contributed by atoms with Crippen molar-refractivity contribution in [2.24, 2.45) is 28.7 Å². The highest BCUT2D eigenvalue weighted by Gasteiger charge is 2.54. The van der Waals surface area contributed by atoms with Crippen LogP contribution in [-0.2, 0) is 23.5 Å². The molecule has 1 heterocycles. The second kappa shape index (κ2) is 13.4. The molecule has 0 radical (unpaired) electrons. The van der Waals surface area contributed by atoms with E-state index in [-0.39, 0.29) is 41.9 Å². The van der Waals surface area contributed by atoms with Crippen LogP contribution in [0.25, 0.3) is 0 Å². The normalized spacial score (nSPS) is 27.5. The van der Waals surface area contributed by atoms with Gasteiger partial charge < -0.3 is 9.16 Å². The number of Topliss-reactive ketones (excluding diaryl/α,β-unsaturated/α-hetero) is 2. The van der Waals surface area contributed by atoms with Crippen LogP contribution in [0, 0.1) is 23.7 Å². The van der Waals surface area contributed by atoms with E-state index >= 15 is 0 Å². The molecule has 44 heavy (non-hydrogen) atoms. The summed E-state index contributed by atoms with van der Waals surface area (Å²) in [6.45, 7) is 8.74. The van der Waals surface area contributed by atoms with E-state index in [1.54, 1.807) is 0 Å². The van der Waals surface area contributed by atoms with Crippen LogP contribution in [0.15, 0.2) is 76.9 Å². The maximum Gasteiger partial charge on any atom is 0.309 e. The number of nitrogens with zero attached hydrogens (tertiary/aromatic N) is 1. The Bertz CT molecular complexity index is 1380. The van der Waals surface area contributed by atoms with E-state index in [1.807, 2.05) is 49.5 Å². The average Bonchev–Trinajstić information content (AvgIpc) is 3.77. The zero-order valence-corrected chi connectivity index (χ0v) is 27.7. The molecular weight excluding hydrogens is 568 g/mol. The van der Waals surface area contributed by atoms with Crippen molar-refractivity contribution in [3.05, 3.63) is 71.9 Å². The molecule has 0 spiro atoms. The summed E-state index contributed by atoms with van der Waals surface area (Å²) in [6.07, 6.45) is 5.05. The highest BCUT2D eigenvalue weighted by atomic mass is 28.4. The number of hydrogen-bond acceptors (Lipinski definition) is 7. The standard InChI is InChI=1S/C36H46N2O5Si/c1-24-13-12-14-25-19-32(25)37-22-31-29(20-26(39)21-30(31)35(41)42-5)34(38-23-33(24)40)43-44(36(2,3)4,27-15-8-6-9-16-27)28-17-10-7-11-18-28/h6-11,15-18,22,24,29-31,34,38H,12-14,19-21,23H2,1-5H3/b37-22-/t24?,29?,30-,31+,34-/m1/s1. The average molecular weight is 615 g/mol. The Kier molecular flexibility index (Phi) is 9.82. The fourth-order valence-corrected chi connectivity index (χ4v) is 11.8. The number of carbonyl (C=O) groups is 3. The lowest BCUT2D eigenvalue weighted by molar-refractivity contribution is -0.152. The van der Waals surface area contributed by atoms with E-state index in [2.05, 4.69) is 50.4 Å². The molecule has 7 nitrogen and oxygen atoms in total. The third-order valence-electron chi connectivity index (χ3n) is 9.69. The van der Waals surface area contributed by atoms with Crippen molar-refractivity contribution in [1.29, 1.82) is 0 Å². The SMILES string of the molecule is COC(=O)[C@@H]1CC(=O)CC2[C@@H](O[Si](c3ccccc3)(c3ccccc3)C(C)(C)C)NCC(=O)C(C)CCCC3=C(C3)/N=C\[C@@H]21. The molecule has 2 unspecified atom stereocenters. The van der Waals surface area contributed by atoms with Gasteiger partial charge in [-0.15, -0.1) is 0 Å². The summed E-state index contributed by atoms with van der Waals surface area (Å²) in [7, 11) is -1.73. The molecule has 3 aliphatic rings. The monoisotopic (exact) mass is 614 g/mol. The molecule has 1 N–H and O–H groups in total. The summed E-state index contributed by atoms with van der Waals surface area (Å²) in [5.74, 6) is -1.91. The Morgan fingerprint density at radius 1 is 0.977 bits per heavy atom. The third kappa shape index (κ3) is 6.72. The van der Waals surface area contributed by atoms with Gasteiger partial charge in [-0.3, -0.25) is 24.7 Å². The fourth-order valence-electron chi connectivity index (χ4n) is 7.10. The molecule has 8 heteroatoms. The number of nitrogens with one attached hydrogen (secondary N) is 1. The van der Waals surface area contributed by atoms with Crippen molar-refractivity contribution < 1.29 is 23.5 Å². The Morgan fingerprint density at radius 2 is 1.61 bits per heavy atom. The van der Waals surface area contributed by atoms with Gasteiger partial charge in [0.05, 0.1) is 19.6 Å². The Hall–Kier alpha value is -3.20. The maximum atomic E-state index is 13.5. The van der Waals surface area contributed by atoms with Crippen molar-refractivity contribution >= 4 is 42.4 Å². The molecule has 0 saturated heterocycles. The number of hydrogen-bond donors (Lipinski definition) is 1. The van der Waals surface area contributed by atoms with Crippen LogP contribution < -0.4 is 15.7 Å². The molecule has 0 amide bonds. The second-order valence-corrected chi connectivity index (χ2v) is 17.9. The van der Waals surface area contributed by atoms with Crippen LogP contribution in [0.1, 0.15) is 66.2 Å². The van der Waals surface area contributed by atoms with Gasteiger partial charge >= 0.3 is 5.97 Å². The fraction of sp³-hybridized carbons (Fsp3) is 0.500. The molecule has 5 atom stereocenters. The zero-order chi connectivity index (χ0) is 31.5. The Balaban J connectivity index is 1.67. The van der Waals surface area contributed by atoms with Gasteiger partial charge in [0.2, 0.25) is 0 Å². The maximum absolute atomic E-state index is 13.5. The highest BCUT2D eigenvalue weighted by Crippen LogP contribution is 2.43. The lowest BCUT2D eigenvalue weighted by atomic mass is 9.71. The molecular formula is C36H46N2O5Si. The minimum absolute atomic E-state index is 0.0139. The summed E-state index contributed by atoms with van der Waals surface area (Å²) in [6, 6.07) is 20.7. The van der Waals surface area contributed by atoms with Gasteiger partial charge in [-0.05, 0) is 40.2 Å². The van der Waals surface area contributed by atoms with Gasteiger partial charge in [0.15, 0.2) is 0 Å². The van der Waals surface area contributed by atoms with Gasteiger partial charge in [0.25, 0.3) is 8.32 Å². The molecule has 1 saturated carbocycles. The number of carbonyl (C=O) groups excluding carboxylic acids is 3. The molecule has 2 aromatic rings. The lowest BCUT2D eigenvalue weighted by Gasteiger charge is -2.48. The van der Waals surface area contributed by atoms with Gasteiger partial charge in [0, 0.05) is 48.9 Å². The quantitative estimate of drug-likeness (QED) is 0.377. The van der Waals surface area contributed by atoms with E-state index < -0.39 is 38.3 Å². The first kappa shape index (κ1) is 32.2. The van der Waals surface area contributed by atoms with Crippen LogP contribution in [-0.4, -0.2) is 52.0 Å². The number of allylic oxidation sites excluding steroid dienone is 2. The summed E-state index contributed by atoms with van der Waals surface area (Å²) >= 11 is 0. The molecule has 2 aliphatic carbocycles. The number of esters is 1. The predicted molar refractivity (Wildman–Crippen MR) is 175 cm³/mol. The van der Waals surface area contributed by atoms with E-state index in [0.29, 0.717) is 0 Å². The van der Waals surface area contributed by atoms with Crippen molar-refractivity contribution in [3.63, 3.8) is 0 Å². The van der Waals surface area contributed by atoms with E-state index in [1.165, 1.54) is 12.7 Å². The minimum Gasteiger partial charge on any atom is -0.469 e. The van der Waals surface area contributed by atoms with Crippen molar-refractivity contribution in [1.82, 2.24) is 5.32 Å².